The first-order valence-corrected chi connectivity index (χ1v) is 8.22. The van der Waals surface area contributed by atoms with Crippen molar-refractivity contribution >= 4 is 11.6 Å². The van der Waals surface area contributed by atoms with E-state index in [1.54, 1.807) is 0 Å². The van der Waals surface area contributed by atoms with Crippen LogP contribution in [0.25, 0.3) is 0 Å². The van der Waals surface area contributed by atoms with E-state index in [9.17, 15) is 0 Å². The molecule has 0 aromatic heterocycles. The van der Waals surface area contributed by atoms with Crippen LogP contribution in [0.15, 0.2) is 24.3 Å². The van der Waals surface area contributed by atoms with Crippen LogP contribution in [0, 0.1) is 0 Å². The third kappa shape index (κ3) is 4.47. The molecule has 1 aromatic carbocycles. The van der Waals surface area contributed by atoms with Crippen LogP contribution in [-0.2, 0) is 11.3 Å². The van der Waals surface area contributed by atoms with Gasteiger partial charge in [-0.3, -0.25) is 0 Å². The highest BCUT2D eigenvalue weighted by Crippen LogP contribution is 2.32. The van der Waals surface area contributed by atoms with Crippen molar-refractivity contribution in [2.75, 3.05) is 13.1 Å². The normalized spacial score (nSPS) is 18.1. The lowest BCUT2D eigenvalue weighted by molar-refractivity contribution is -0.0784. The molecule has 112 valence electrons. The Morgan fingerprint density at radius 3 is 2.65 bits per heavy atom. The van der Waals surface area contributed by atoms with Crippen molar-refractivity contribution in [2.45, 2.75) is 57.7 Å². The third-order valence-electron chi connectivity index (χ3n) is 4.13. The van der Waals surface area contributed by atoms with Gasteiger partial charge in [-0.05, 0) is 37.4 Å². The number of halogens is 1. The highest BCUT2D eigenvalue weighted by molar-refractivity contribution is 6.31. The molecule has 0 bridgehead atoms. The van der Waals surface area contributed by atoms with E-state index >= 15 is 0 Å². The molecule has 0 amide bonds. The summed E-state index contributed by atoms with van der Waals surface area (Å²) < 4.78 is 6.34. The molecule has 1 aliphatic rings. The Hall–Kier alpha value is -0.570. The van der Waals surface area contributed by atoms with Crippen molar-refractivity contribution in [3.8, 4) is 0 Å². The molecular weight excluding hydrogens is 270 g/mol. The van der Waals surface area contributed by atoms with Crippen molar-refractivity contribution < 1.29 is 4.74 Å². The van der Waals surface area contributed by atoms with E-state index in [0.29, 0.717) is 6.61 Å². The summed E-state index contributed by atoms with van der Waals surface area (Å²) in [5.41, 5.74) is 1.10. The van der Waals surface area contributed by atoms with Crippen LogP contribution in [-0.4, -0.2) is 18.7 Å². The molecule has 20 heavy (non-hydrogen) atoms. The van der Waals surface area contributed by atoms with Gasteiger partial charge in [-0.1, -0.05) is 56.0 Å². The van der Waals surface area contributed by atoms with Gasteiger partial charge in [0.15, 0.2) is 0 Å². The van der Waals surface area contributed by atoms with Crippen LogP contribution in [0.1, 0.15) is 51.0 Å². The van der Waals surface area contributed by atoms with E-state index in [0.717, 1.165) is 36.5 Å². The zero-order valence-corrected chi connectivity index (χ0v) is 13.2. The predicted molar refractivity (Wildman–Crippen MR) is 85.2 cm³/mol. The Labute approximate surface area is 127 Å². The molecule has 1 N–H and O–H groups in total. The molecule has 1 aromatic rings. The van der Waals surface area contributed by atoms with Gasteiger partial charge in [0.2, 0.25) is 0 Å². The molecule has 0 atom stereocenters. The minimum Gasteiger partial charge on any atom is -0.369 e. The largest absolute Gasteiger partial charge is 0.369 e. The summed E-state index contributed by atoms with van der Waals surface area (Å²) >= 11 is 6.22. The Morgan fingerprint density at radius 1 is 1.20 bits per heavy atom. The van der Waals surface area contributed by atoms with Gasteiger partial charge in [0.25, 0.3) is 0 Å². The van der Waals surface area contributed by atoms with Gasteiger partial charge in [-0.25, -0.2) is 0 Å². The van der Waals surface area contributed by atoms with Crippen molar-refractivity contribution in [2.24, 2.45) is 0 Å². The zero-order chi connectivity index (χ0) is 14.3. The molecule has 3 heteroatoms. The molecule has 0 aliphatic heterocycles. The van der Waals surface area contributed by atoms with Crippen LogP contribution in [0.3, 0.4) is 0 Å². The maximum atomic E-state index is 6.34. The average Bonchev–Trinajstić information content (AvgIpc) is 2.48. The molecule has 0 radical (unpaired) electrons. The van der Waals surface area contributed by atoms with E-state index in [4.69, 9.17) is 16.3 Å². The second-order valence-corrected chi connectivity index (χ2v) is 6.21. The molecule has 0 spiro atoms. The Balaban J connectivity index is 1.95. The standard InChI is InChI=1S/C17H26ClNO/c1-2-12-19-14-17(10-6-3-7-11-17)20-13-15-8-4-5-9-16(15)18/h4-5,8-9,19H,2-3,6-7,10-14H2,1H3. The van der Waals surface area contributed by atoms with Crippen molar-refractivity contribution in [3.63, 3.8) is 0 Å². The van der Waals surface area contributed by atoms with Crippen molar-refractivity contribution in [1.82, 2.24) is 5.32 Å². The SMILES string of the molecule is CCCNCC1(OCc2ccccc2Cl)CCCCC1. The molecule has 1 aliphatic carbocycles. The number of hydrogen-bond acceptors (Lipinski definition) is 2. The predicted octanol–water partition coefficient (Wildman–Crippen LogP) is 4.56. The van der Waals surface area contributed by atoms with Gasteiger partial charge in [0.05, 0.1) is 12.2 Å². The fourth-order valence-electron chi connectivity index (χ4n) is 2.91. The van der Waals surface area contributed by atoms with Crippen LogP contribution < -0.4 is 5.32 Å². The topological polar surface area (TPSA) is 21.3 Å². The summed E-state index contributed by atoms with van der Waals surface area (Å²) in [5, 5.41) is 4.34. The monoisotopic (exact) mass is 295 g/mol. The quantitative estimate of drug-likeness (QED) is 0.745. The van der Waals surface area contributed by atoms with Gasteiger partial charge < -0.3 is 10.1 Å². The van der Waals surface area contributed by atoms with E-state index in [-0.39, 0.29) is 5.60 Å². The molecule has 1 saturated carbocycles. The smallest absolute Gasteiger partial charge is 0.0810 e. The van der Waals surface area contributed by atoms with E-state index in [2.05, 4.69) is 18.3 Å². The Kier molecular flexibility index (Phi) is 6.34. The van der Waals surface area contributed by atoms with Gasteiger partial charge in [-0.2, -0.15) is 0 Å². The molecule has 2 rings (SSSR count). The fourth-order valence-corrected chi connectivity index (χ4v) is 3.10. The van der Waals surface area contributed by atoms with Crippen LogP contribution >= 0.6 is 11.6 Å². The molecular formula is C17H26ClNO. The summed E-state index contributed by atoms with van der Waals surface area (Å²) in [4.78, 5) is 0. The fraction of sp³-hybridized carbons (Fsp3) is 0.647. The zero-order valence-electron chi connectivity index (χ0n) is 12.5. The van der Waals surface area contributed by atoms with Crippen molar-refractivity contribution in [3.05, 3.63) is 34.9 Å². The molecule has 2 nitrogen and oxygen atoms in total. The minimum absolute atomic E-state index is 0.00654. The van der Waals surface area contributed by atoms with Crippen LogP contribution in [0.4, 0.5) is 0 Å². The highest BCUT2D eigenvalue weighted by Gasteiger charge is 2.32. The molecule has 0 unspecified atom stereocenters. The minimum atomic E-state index is 0.00654. The first-order chi connectivity index (χ1) is 9.76. The number of nitrogens with one attached hydrogen (secondary N) is 1. The summed E-state index contributed by atoms with van der Waals surface area (Å²) in [6.07, 6.45) is 7.38. The highest BCUT2D eigenvalue weighted by atomic mass is 35.5. The number of hydrogen-bond donors (Lipinski definition) is 1. The lowest BCUT2D eigenvalue weighted by Gasteiger charge is -2.37. The van der Waals surface area contributed by atoms with E-state index in [1.807, 2.05) is 18.2 Å². The van der Waals surface area contributed by atoms with Crippen LogP contribution in [0.2, 0.25) is 5.02 Å². The second-order valence-electron chi connectivity index (χ2n) is 5.80. The summed E-state index contributed by atoms with van der Waals surface area (Å²) in [7, 11) is 0. The van der Waals surface area contributed by atoms with Gasteiger partial charge in [-0.15, -0.1) is 0 Å². The molecule has 0 heterocycles. The second kappa shape index (κ2) is 8.02. The van der Waals surface area contributed by atoms with Gasteiger partial charge in [0, 0.05) is 11.6 Å². The van der Waals surface area contributed by atoms with Gasteiger partial charge in [0.1, 0.15) is 0 Å². The average molecular weight is 296 g/mol. The van der Waals surface area contributed by atoms with Gasteiger partial charge >= 0.3 is 0 Å². The Bertz CT molecular complexity index is 402. The third-order valence-corrected chi connectivity index (χ3v) is 4.50. The van der Waals surface area contributed by atoms with E-state index < -0.39 is 0 Å². The Morgan fingerprint density at radius 2 is 1.95 bits per heavy atom. The number of rotatable bonds is 7. The molecule has 1 fully saturated rings. The number of ether oxygens (including phenoxy) is 1. The lowest BCUT2D eigenvalue weighted by atomic mass is 9.84. The number of benzene rings is 1. The lowest BCUT2D eigenvalue weighted by Crippen LogP contribution is -2.44. The molecule has 0 saturated heterocycles. The first-order valence-electron chi connectivity index (χ1n) is 7.84. The summed E-state index contributed by atoms with van der Waals surface area (Å²) in [5.74, 6) is 0. The summed E-state index contributed by atoms with van der Waals surface area (Å²) in [6, 6.07) is 7.97. The summed E-state index contributed by atoms with van der Waals surface area (Å²) in [6.45, 7) is 4.85. The van der Waals surface area contributed by atoms with E-state index in [1.165, 1.54) is 25.7 Å². The first kappa shape index (κ1) is 15.8. The maximum absolute atomic E-state index is 6.34. The van der Waals surface area contributed by atoms with Crippen molar-refractivity contribution in [1.29, 1.82) is 0 Å². The maximum Gasteiger partial charge on any atom is 0.0810 e. The van der Waals surface area contributed by atoms with Crippen LogP contribution in [0.5, 0.6) is 0 Å².